The first kappa shape index (κ1) is 19.0. The van der Waals surface area contributed by atoms with E-state index in [0.29, 0.717) is 30.2 Å². The van der Waals surface area contributed by atoms with Gasteiger partial charge in [-0.3, -0.25) is 4.79 Å². The first-order valence-electron chi connectivity index (χ1n) is 8.36. The maximum atomic E-state index is 13.6. The number of rotatable bonds is 8. The molecule has 0 atom stereocenters. The molecule has 1 amide bonds. The fraction of sp³-hybridized carbons (Fsp3) is 0.200. The largest absolute Gasteiger partial charge is 0.489 e. The topological polar surface area (TPSA) is 60.5 Å². The predicted molar refractivity (Wildman–Crippen MR) is 102 cm³/mol. The highest BCUT2D eigenvalue weighted by atomic mass is 32.1. The second kappa shape index (κ2) is 9.25. The molecule has 3 rings (SSSR count). The third-order valence-corrected chi connectivity index (χ3v) is 4.67. The van der Waals surface area contributed by atoms with Crippen LogP contribution in [0.2, 0.25) is 0 Å². The van der Waals surface area contributed by atoms with Crippen molar-refractivity contribution in [3.8, 4) is 16.3 Å². The number of nitrogens with one attached hydrogen (secondary N) is 1. The minimum atomic E-state index is -0.284. The number of ether oxygens (including phenoxy) is 2. The number of aromatic nitrogens is 1. The van der Waals surface area contributed by atoms with Crippen LogP contribution < -0.4 is 10.1 Å². The van der Waals surface area contributed by atoms with Gasteiger partial charge < -0.3 is 14.8 Å². The molecule has 0 unspecified atom stereocenters. The molecule has 0 aliphatic rings. The Bertz CT molecular complexity index is 896. The molecule has 1 N–H and O–H groups in total. The number of halogens is 1. The lowest BCUT2D eigenvalue weighted by atomic mass is 10.2. The zero-order valence-electron chi connectivity index (χ0n) is 14.8. The van der Waals surface area contributed by atoms with E-state index >= 15 is 0 Å². The summed E-state index contributed by atoms with van der Waals surface area (Å²) in [4.78, 5) is 16.4. The molecule has 0 saturated carbocycles. The Balaban J connectivity index is 1.60. The maximum Gasteiger partial charge on any atom is 0.270 e. The molecular formula is C20H19FN2O3S. The Hall–Kier alpha value is -2.77. The molecule has 140 valence electrons. The highest BCUT2D eigenvalue weighted by Gasteiger charge is 2.11. The number of thiazole rings is 1. The summed E-state index contributed by atoms with van der Waals surface area (Å²) in [5, 5.41) is 5.21. The quantitative estimate of drug-likeness (QED) is 0.597. The third-order valence-electron chi connectivity index (χ3n) is 3.78. The molecule has 2 aromatic carbocycles. The average Bonchev–Trinajstić information content (AvgIpc) is 3.18. The van der Waals surface area contributed by atoms with E-state index in [0.717, 1.165) is 10.6 Å². The number of nitrogens with zero attached hydrogens (tertiary/aromatic N) is 1. The van der Waals surface area contributed by atoms with Gasteiger partial charge in [-0.25, -0.2) is 9.37 Å². The molecule has 0 bridgehead atoms. The molecule has 0 aliphatic heterocycles. The number of hydrogen-bond donors (Lipinski definition) is 1. The van der Waals surface area contributed by atoms with Gasteiger partial charge in [0.15, 0.2) is 0 Å². The first-order valence-corrected chi connectivity index (χ1v) is 9.24. The Morgan fingerprint density at radius 3 is 2.70 bits per heavy atom. The van der Waals surface area contributed by atoms with Crippen molar-refractivity contribution in [1.82, 2.24) is 10.3 Å². The molecule has 27 heavy (non-hydrogen) atoms. The Labute approximate surface area is 160 Å². The molecule has 3 aromatic rings. The molecule has 0 fully saturated rings. The number of amides is 1. The smallest absolute Gasteiger partial charge is 0.270 e. The van der Waals surface area contributed by atoms with Crippen molar-refractivity contribution in [2.45, 2.75) is 6.61 Å². The monoisotopic (exact) mass is 386 g/mol. The van der Waals surface area contributed by atoms with E-state index in [4.69, 9.17) is 9.47 Å². The van der Waals surface area contributed by atoms with Crippen LogP contribution in [-0.2, 0) is 11.3 Å². The second-order valence-electron chi connectivity index (χ2n) is 5.69. The molecule has 1 heterocycles. The van der Waals surface area contributed by atoms with Crippen LogP contribution in [0.5, 0.6) is 5.75 Å². The van der Waals surface area contributed by atoms with Gasteiger partial charge >= 0.3 is 0 Å². The average molecular weight is 386 g/mol. The van der Waals surface area contributed by atoms with Crippen molar-refractivity contribution in [2.24, 2.45) is 0 Å². The lowest BCUT2D eigenvalue weighted by Crippen LogP contribution is -2.27. The number of carbonyl (C=O) groups is 1. The van der Waals surface area contributed by atoms with Crippen LogP contribution in [0.1, 0.15) is 16.1 Å². The Morgan fingerprint density at radius 1 is 1.19 bits per heavy atom. The van der Waals surface area contributed by atoms with Gasteiger partial charge in [0.25, 0.3) is 5.91 Å². The van der Waals surface area contributed by atoms with Crippen LogP contribution in [0.15, 0.2) is 53.9 Å². The normalized spacial score (nSPS) is 10.6. The van der Waals surface area contributed by atoms with Crippen LogP contribution in [-0.4, -0.2) is 31.2 Å². The highest BCUT2D eigenvalue weighted by molar-refractivity contribution is 7.13. The van der Waals surface area contributed by atoms with E-state index in [1.54, 1.807) is 42.8 Å². The van der Waals surface area contributed by atoms with Gasteiger partial charge in [-0.2, -0.15) is 0 Å². The summed E-state index contributed by atoms with van der Waals surface area (Å²) in [6.07, 6.45) is 0. The summed E-state index contributed by atoms with van der Waals surface area (Å²) in [5.74, 6) is 0.128. The van der Waals surface area contributed by atoms with Crippen molar-refractivity contribution >= 4 is 17.2 Å². The van der Waals surface area contributed by atoms with Crippen LogP contribution in [0.4, 0.5) is 4.39 Å². The van der Waals surface area contributed by atoms with E-state index in [1.807, 2.05) is 12.1 Å². The molecule has 7 heteroatoms. The summed E-state index contributed by atoms with van der Waals surface area (Å²) in [6.45, 7) is 1.06. The molecule has 0 radical (unpaired) electrons. The lowest BCUT2D eigenvalue weighted by molar-refractivity contribution is 0.0933. The molecule has 0 saturated heterocycles. The summed E-state index contributed by atoms with van der Waals surface area (Å²) < 4.78 is 24.1. The Kier molecular flexibility index (Phi) is 6.51. The van der Waals surface area contributed by atoms with Gasteiger partial charge in [-0.1, -0.05) is 18.2 Å². The van der Waals surface area contributed by atoms with Gasteiger partial charge in [0, 0.05) is 30.2 Å². The number of carbonyl (C=O) groups excluding carboxylic acids is 1. The van der Waals surface area contributed by atoms with Gasteiger partial charge in [-0.15, -0.1) is 11.3 Å². The fourth-order valence-electron chi connectivity index (χ4n) is 2.34. The maximum absolute atomic E-state index is 13.6. The van der Waals surface area contributed by atoms with Crippen molar-refractivity contribution in [1.29, 1.82) is 0 Å². The summed E-state index contributed by atoms with van der Waals surface area (Å²) in [7, 11) is 1.58. The van der Waals surface area contributed by atoms with Crippen LogP contribution in [0.3, 0.4) is 0 Å². The summed E-state index contributed by atoms with van der Waals surface area (Å²) in [6, 6.07) is 13.9. The van der Waals surface area contributed by atoms with Crippen LogP contribution >= 0.6 is 11.3 Å². The molecular weight excluding hydrogens is 367 g/mol. The van der Waals surface area contributed by atoms with Crippen LogP contribution in [0.25, 0.3) is 10.6 Å². The lowest BCUT2D eigenvalue weighted by Gasteiger charge is -2.07. The van der Waals surface area contributed by atoms with Gasteiger partial charge in [0.1, 0.15) is 28.9 Å². The summed E-state index contributed by atoms with van der Waals surface area (Å²) >= 11 is 1.39. The molecule has 1 aromatic heterocycles. The first-order chi connectivity index (χ1) is 13.2. The van der Waals surface area contributed by atoms with E-state index in [1.165, 1.54) is 17.4 Å². The Morgan fingerprint density at radius 2 is 1.96 bits per heavy atom. The molecule has 5 nitrogen and oxygen atoms in total. The second-order valence-corrected chi connectivity index (χ2v) is 6.55. The number of hydrogen-bond acceptors (Lipinski definition) is 5. The number of benzene rings is 2. The number of methoxy groups -OCH3 is 1. The van der Waals surface area contributed by atoms with Gasteiger partial charge in [-0.05, 0) is 30.3 Å². The minimum absolute atomic E-state index is 0.162. The zero-order valence-corrected chi connectivity index (χ0v) is 15.6. The SMILES string of the molecule is COCCNC(=O)c1csc(-c2ccc(OCc3ccccc3F)cc2)n1. The predicted octanol–water partition coefficient (Wildman–Crippen LogP) is 3.90. The third kappa shape index (κ3) is 5.12. The molecule has 0 spiro atoms. The van der Waals surface area contributed by atoms with E-state index in [9.17, 15) is 9.18 Å². The van der Waals surface area contributed by atoms with E-state index in [2.05, 4.69) is 10.3 Å². The van der Waals surface area contributed by atoms with Gasteiger partial charge in [0.2, 0.25) is 0 Å². The standard InChI is InChI=1S/C20H19FN2O3S/c1-25-11-10-22-19(24)18-13-27-20(23-18)14-6-8-16(9-7-14)26-12-15-4-2-3-5-17(15)21/h2-9,13H,10-12H2,1H3,(H,22,24). The highest BCUT2D eigenvalue weighted by Crippen LogP contribution is 2.26. The van der Waals surface area contributed by atoms with E-state index in [-0.39, 0.29) is 18.3 Å². The zero-order chi connectivity index (χ0) is 19.1. The van der Waals surface area contributed by atoms with Crippen molar-refractivity contribution in [2.75, 3.05) is 20.3 Å². The molecule has 0 aliphatic carbocycles. The van der Waals surface area contributed by atoms with Crippen molar-refractivity contribution in [3.05, 3.63) is 71.0 Å². The van der Waals surface area contributed by atoms with Gasteiger partial charge in [0.05, 0.1) is 6.61 Å². The minimum Gasteiger partial charge on any atom is -0.489 e. The van der Waals surface area contributed by atoms with E-state index < -0.39 is 0 Å². The fourth-order valence-corrected chi connectivity index (χ4v) is 3.14. The van der Waals surface area contributed by atoms with Crippen LogP contribution in [0, 0.1) is 5.82 Å². The van der Waals surface area contributed by atoms with Crippen molar-refractivity contribution in [3.63, 3.8) is 0 Å². The van der Waals surface area contributed by atoms with Crippen molar-refractivity contribution < 1.29 is 18.7 Å². The summed E-state index contributed by atoms with van der Waals surface area (Å²) in [5.41, 5.74) is 1.77.